The van der Waals surface area contributed by atoms with Gasteiger partial charge in [0.1, 0.15) is 23.9 Å². The number of carboxylic acid groups (broad SMARTS) is 1. The zero-order valence-corrected chi connectivity index (χ0v) is 44.7. The van der Waals surface area contributed by atoms with Crippen molar-refractivity contribution < 1.29 is 33.4 Å². The summed E-state index contributed by atoms with van der Waals surface area (Å²) in [4.78, 5) is 37.5. The molecular weight excluding hydrogens is 922 g/mol. The molecule has 5 rings (SSSR count). The van der Waals surface area contributed by atoms with Gasteiger partial charge < -0.3 is 30.9 Å². The minimum Gasteiger partial charge on any atom is -0.497 e. The number of halogens is 1. The van der Waals surface area contributed by atoms with Gasteiger partial charge in [0.05, 0.1) is 25.8 Å². The number of aromatic nitrogens is 3. The second kappa shape index (κ2) is 32.1. The number of nitrogens with one attached hydrogen (secondary N) is 2. The number of carbonyl (C=O) groups excluding carboxylic acids is 2. The second-order valence-electron chi connectivity index (χ2n) is 21.4. The van der Waals surface area contributed by atoms with Gasteiger partial charge in [-0.3, -0.25) is 24.0 Å². The molecule has 1 fully saturated rings. The van der Waals surface area contributed by atoms with E-state index >= 15 is 4.39 Å². The van der Waals surface area contributed by atoms with E-state index in [1.165, 1.54) is 83.1 Å². The molecule has 402 valence electrons. The molecule has 13 nitrogen and oxygen atoms in total. The van der Waals surface area contributed by atoms with E-state index in [0.717, 1.165) is 79.4 Å². The van der Waals surface area contributed by atoms with Crippen molar-refractivity contribution in [1.82, 2.24) is 30.5 Å². The highest BCUT2D eigenvalue weighted by molar-refractivity contribution is 5.78. The highest BCUT2D eigenvalue weighted by Crippen LogP contribution is 2.45. The number of hydrogen-bond donors (Lipinski definition) is 4. The number of carboxylic acids is 1. The predicted molar refractivity (Wildman–Crippen MR) is 289 cm³/mol. The van der Waals surface area contributed by atoms with Gasteiger partial charge in [0, 0.05) is 50.9 Å². The zero-order valence-electron chi connectivity index (χ0n) is 44.7. The summed E-state index contributed by atoms with van der Waals surface area (Å²) < 4.78 is 29.2. The van der Waals surface area contributed by atoms with Crippen LogP contribution in [-0.2, 0) is 40.4 Å². The molecule has 0 spiro atoms. The topological polar surface area (TPSA) is 174 Å². The summed E-state index contributed by atoms with van der Waals surface area (Å²) in [5.74, 6) is 0.701. The molecule has 3 aromatic carbocycles. The number of aryl methyl sites for hydroxylation is 1. The van der Waals surface area contributed by atoms with Crippen molar-refractivity contribution in [2.75, 3.05) is 46.9 Å². The van der Waals surface area contributed by atoms with Crippen molar-refractivity contribution in [1.29, 1.82) is 0 Å². The molecule has 1 aromatic heterocycles. The lowest BCUT2D eigenvalue weighted by Crippen LogP contribution is -2.38. The molecule has 5 N–H and O–H groups in total. The number of nitrogens with zero attached hydrogens (tertiary/aromatic N) is 4. The van der Waals surface area contributed by atoms with Gasteiger partial charge >= 0.3 is 5.97 Å². The molecule has 14 heteroatoms. The molecule has 1 aliphatic rings. The number of nitrogens with two attached hydrogens (primary N) is 1. The van der Waals surface area contributed by atoms with E-state index in [0.29, 0.717) is 75.2 Å². The molecule has 1 aliphatic carbocycles. The summed E-state index contributed by atoms with van der Waals surface area (Å²) in [6.45, 7) is 8.06. The van der Waals surface area contributed by atoms with Crippen molar-refractivity contribution in [3.05, 3.63) is 95.1 Å². The van der Waals surface area contributed by atoms with Gasteiger partial charge in [-0.05, 0) is 122 Å². The van der Waals surface area contributed by atoms with E-state index in [-0.39, 0.29) is 35.4 Å². The summed E-state index contributed by atoms with van der Waals surface area (Å²) in [5.41, 5.74) is 10.4. The quantitative estimate of drug-likeness (QED) is 0.0315. The van der Waals surface area contributed by atoms with Crippen LogP contribution in [0.1, 0.15) is 171 Å². The highest BCUT2D eigenvalue weighted by atomic mass is 19.1. The molecule has 1 atom stereocenters. The number of benzene rings is 3. The fourth-order valence-electron chi connectivity index (χ4n) is 9.92. The maximum absolute atomic E-state index is 15.5. The van der Waals surface area contributed by atoms with E-state index in [2.05, 4.69) is 47.1 Å². The van der Waals surface area contributed by atoms with Crippen LogP contribution in [0.25, 0.3) is 11.1 Å². The van der Waals surface area contributed by atoms with Gasteiger partial charge in [-0.15, -0.1) is 5.10 Å². The monoisotopic (exact) mass is 1010 g/mol. The fraction of sp³-hybridized carbons (Fsp3) is 0.610. The third-order valence-corrected chi connectivity index (χ3v) is 14.0. The minimum atomic E-state index is -0.781. The number of amides is 2. The van der Waals surface area contributed by atoms with Gasteiger partial charge in [-0.2, -0.15) is 0 Å². The van der Waals surface area contributed by atoms with Crippen LogP contribution in [0.4, 0.5) is 4.39 Å². The van der Waals surface area contributed by atoms with E-state index in [1.807, 2.05) is 53.0 Å². The maximum atomic E-state index is 15.5. The number of likely N-dealkylation sites (N-methyl/N-ethyl adjacent to an activating group) is 1. The average Bonchev–Trinajstić information content (AvgIpc) is 4.12. The number of hydrogen-bond acceptors (Lipinski definition) is 9. The number of unbranched alkanes of at least 4 members (excludes halogenated alkanes) is 14. The van der Waals surface area contributed by atoms with Crippen LogP contribution in [0.15, 0.2) is 66.9 Å². The zero-order chi connectivity index (χ0) is 52.3. The summed E-state index contributed by atoms with van der Waals surface area (Å²) >= 11 is 0. The Bertz CT molecular complexity index is 2260. The summed E-state index contributed by atoms with van der Waals surface area (Å²) in [6, 6.07) is 18.8. The van der Waals surface area contributed by atoms with E-state index in [1.54, 1.807) is 19.2 Å². The lowest BCUT2D eigenvalue weighted by molar-refractivity contribution is -0.137. The lowest BCUT2D eigenvalue weighted by atomic mass is 9.82. The molecule has 73 heavy (non-hydrogen) atoms. The van der Waals surface area contributed by atoms with E-state index in [9.17, 15) is 19.5 Å². The van der Waals surface area contributed by atoms with Crippen molar-refractivity contribution in [3.8, 4) is 22.6 Å². The minimum absolute atomic E-state index is 0.0112. The first kappa shape index (κ1) is 58.5. The van der Waals surface area contributed by atoms with Crippen molar-refractivity contribution in [2.45, 2.75) is 174 Å². The Morgan fingerprint density at radius 3 is 2.15 bits per heavy atom. The average molecular weight is 1010 g/mol. The first-order valence-corrected chi connectivity index (χ1v) is 27.5. The van der Waals surface area contributed by atoms with Crippen LogP contribution in [-0.4, -0.2) is 89.7 Å². The molecular formula is C59H88FN7O6. The Kier molecular flexibility index (Phi) is 25.7. The van der Waals surface area contributed by atoms with Gasteiger partial charge in [-0.1, -0.05) is 133 Å². The lowest BCUT2D eigenvalue weighted by Gasteiger charge is -2.26. The first-order chi connectivity index (χ1) is 35.3. The number of ether oxygens (including phenoxy) is 2. The van der Waals surface area contributed by atoms with Crippen molar-refractivity contribution in [2.24, 2.45) is 17.1 Å². The van der Waals surface area contributed by atoms with Gasteiger partial charge in [0.25, 0.3) is 0 Å². The fourth-order valence-corrected chi connectivity index (χ4v) is 9.92. The Morgan fingerprint density at radius 2 is 1.49 bits per heavy atom. The largest absolute Gasteiger partial charge is 0.497 e. The Morgan fingerprint density at radius 1 is 0.822 bits per heavy atom. The maximum Gasteiger partial charge on any atom is 0.303 e. The number of aliphatic carboxylic acids is 1. The SMILES string of the molecule is COc1ccc(F)c(-c2ccc(COc3cccc([C@@H](CC(=O)O)C4CC4)c3)cc2CC(C)(C)Cn2cc(CCCCCCCCCCCCCCCCCC(=O)NCCCN(C)CC(=O)NCCN)nn2)c1. The Hall–Kier alpha value is -5.34. The van der Waals surface area contributed by atoms with Gasteiger partial charge in [-0.25, -0.2) is 4.39 Å². The summed E-state index contributed by atoms with van der Waals surface area (Å²) in [7, 11) is 3.50. The summed E-state index contributed by atoms with van der Waals surface area (Å²) in [6.07, 6.45) is 25.8. The molecule has 1 heterocycles. The molecule has 0 bridgehead atoms. The predicted octanol–water partition coefficient (Wildman–Crippen LogP) is 11.2. The molecule has 0 saturated heterocycles. The smallest absolute Gasteiger partial charge is 0.303 e. The Labute approximate surface area is 435 Å². The van der Waals surface area contributed by atoms with Crippen LogP contribution in [0, 0.1) is 17.2 Å². The number of rotatable bonds is 39. The third kappa shape index (κ3) is 22.8. The first-order valence-electron chi connectivity index (χ1n) is 27.5. The van der Waals surface area contributed by atoms with E-state index < -0.39 is 5.97 Å². The number of methoxy groups -OCH3 is 1. The van der Waals surface area contributed by atoms with Crippen LogP contribution < -0.4 is 25.8 Å². The standard InChI is InChI=1S/C59H88FN7O6/c1-59(2,40-48-36-45(26-30-52(48)54-38-50(72-4)29-31-55(54)60)43-73-51-24-20-22-47(37-51)53(39-58(70)71)46-27-28-46)44-67-41-49(64-65-67)23-18-16-14-12-10-8-6-5-7-9-11-13-15-17-19-25-56(68)62-33-21-35-66(3)42-57(69)63-34-32-61/h20,22,24,26,29-31,36-38,41,46,53H,5-19,21,23,25,27-28,32-35,39-40,42-44,61H2,1-4H3,(H,62,68)(H,63,69)(H,70,71)/t53-/m0/s1. The van der Waals surface area contributed by atoms with E-state index in [4.69, 9.17) is 15.2 Å². The highest BCUT2D eigenvalue weighted by Gasteiger charge is 2.34. The molecule has 0 radical (unpaired) electrons. The summed E-state index contributed by atoms with van der Waals surface area (Å²) in [5, 5.41) is 24.4. The van der Waals surface area contributed by atoms with Gasteiger partial charge in [0.15, 0.2) is 0 Å². The van der Waals surface area contributed by atoms with Gasteiger partial charge in [0.2, 0.25) is 11.8 Å². The molecule has 2 amide bonds. The second-order valence-corrected chi connectivity index (χ2v) is 21.4. The Balaban J connectivity index is 0.936. The van der Waals surface area contributed by atoms with Crippen LogP contribution in [0.2, 0.25) is 0 Å². The normalized spacial score (nSPS) is 13.0. The van der Waals surface area contributed by atoms with Crippen molar-refractivity contribution >= 4 is 17.8 Å². The third-order valence-electron chi connectivity index (χ3n) is 14.0. The van der Waals surface area contributed by atoms with Crippen molar-refractivity contribution in [3.63, 3.8) is 0 Å². The van der Waals surface area contributed by atoms with Crippen LogP contribution in [0.3, 0.4) is 0 Å². The van der Waals surface area contributed by atoms with Crippen LogP contribution >= 0.6 is 0 Å². The molecule has 0 unspecified atom stereocenters. The molecule has 1 saturated carbocycles. The molecule has 0 aliphatic heterocycles. The number of carbonyl (C=O) groups is 3. The van der Waals surface area contributed by atoms with Crippen LogP contribution in [0.5, 0.6) is 11.5 Å². The molecule has 4 aromatic rings.